The molecule has 0 heterocycles. The summed E-state index contributed by atoms with van der Waals surface area (Å²) in [5.74, 6) is 0.385. The van der Waals surface area contributed by atoms with Gasteiger partial charge >= 0.3 is 5.97 Å². The minimum Gasteiger partial charge on any atom is -0.494 e. The second-order valence-corrected chi connectivity index (χ2v) is 5.02. The molecule has 2 rings (SSSR count). The lowest BCUT2D eigenvalue weighted by Crippen LogP contribution is -2.25. The van der Waals surface area contributed by atoms with Gasteiger partial charge in [-0.15, -0.1) is 0 Å². The summed E-state index contributed by atoms with van der Waals surface area (Å²) in [4.78, 5) is 10.6. The number of aliphatic carboxylic acids is 1. The van der Waals surface area contributed by atoms with Gasteiger partial charge in [-0.2, -0.15) is 0 Å². The van der Waals surface area contributed by atoms with E-state index in [0.717, 1.165) is 18.6 Å². The van der Waals surface area contributed by atoms with Crippen molar-refractivity contribution in [3.8, 4) is 5.75 Å². The average molecular weight is 263 g/mol. The van der Waals surface area contributed by atoms with E-state index in [1.807, 2.05) is 19.1 Å². The number of nitrogens with two attached hydrogens (primary N) is 1. The van der Waals surface area contributed by atoms with Crippen LogP contribution >= 0.6 is 0 Å². The van der Waals surface area contributed by atoms with Crippen LogP contribution in [0.1, 0.15) is 43.2 Å². The number of hydrogen-bond acceptors (Lipinski definition) is 3. The fourth-order valence-corrected chi connectivity index (χ4v) is 2.91. The molecule has 0 aromatic heterocycles. The van der Waals surface area contributed by atoms with E-state index in [4.69, 9.17) is 15.6 Å². The minimum atomic E-state index is -0.745. The minimum absolute atomic E-state index is 0.0744. The SMILES string of the molecule is CCOc1cccc2c1C(CCCC(=O)O)C(N)C2. The van der Waals surface area contributed by atoms with Crippen molar-refractivity contribution in [3.63, 3.8) is 0 Å². The Morgan fingerprint density at radius 3 is 3.00 bits per heavy atom. The van der Waals surface area contributed by atoms with Crippen LogP contribution in [0, 0.1) is 0 Å². The summed E-state index contributed by atoms with van der Waals surface area (Å²) in [6, 6.07) is 6.14. The molecule has 1 aromatic rings. The molecule has 1 aliphatic rings. The van der Waals surface area contributed by atoms with E-state index in [9.17, 15) is 4.79 Å². The van der Waals surface area contributed by atoms with Crippen LogP contribution in [0.25, 0.3) is 0 Å². The molecule has 0 radical (unpaired) electrons. The zero-order valence-electron chi connectivity index (χ0n) is 11.3. The van der Waals surface area contributed by atoms with Crippen LogP contribution in [-0.2, 0) is 11.2 Å². The maximum atomic E-state index is 10.6. The summed E-state index contributed by atoms with van der Waals surface area (Å²) in [6.45, 7) is 2.60. The summed E-state index contributed by atoms with van der Waals surface area (Å²) in [5, 5.41) is 8.73. The number of carboxylic acids is 1. The molecular formula is C15H21NO3. The number of ether oxygens (including phenoxy) is 1. The van der Waals surface area contributed by atoms with Crippen molar-refractivity contribution >= 4 is 5.97 Å². The predicted molar refractivity (Wildman–Crippen MR) is 73.5 cm³/mol. The van der Waals surface area contributed by atoms with E-state index in [1.165, 1.54) is 11.1 Å². The second kappa shape index (κ2) is 6.06. The van der Waals surface area contributed by atoms with Gasteiger partial charge in [0.15, 0.2) is 0 Å². The smallest absolute Gasteiger partial charge is 0.303 e. The molecule has 2 atom stereocenters. The normalized spacial score (nSPS) is 21.2. The van der Waals surface area contributed by atoms with Gasteiger partial charge in [-0.05, 0) is 37.8 Å². The van der Waals surface area contributed by atoms with Crippen LogP contribution in [0.4, 0.5) is 0 Å². The maximum absolute atomic E-state index is 10.6. The Morgan fingerprint density at radius 1 is 1.53 bits per heavy atom. The Bertz CT molecular complexity index is 459. The number of hydrogen-bond donors (Lipinski definition) is 2. The maximum Gasteiger partial charge on any atom is 0.303 e. The molecule has 0 amide bonds. The summed E-state index contributed by atoms with van der Waals surface area (Å²) in [7, 11) is 0. The molecule has 104 valence electrons. The molecule has 0 aliphatic heterocycles. The zero-order valence-corrected chi connectivity index (χ0v) is 11.3. The highest BCUT2D eigenvalue weighted by Crippen LogP contribution is 2.41. The van der Waals surface area contributed by atoms with Gasteiger partial charge in [-0.25, -0.2) is 0 Å². The zero-order chi connectivity index (χ0) is 13.8. The fourth-order valence-electron chi connectivity index (χ4n) is 2.91. The van der Waals surface area contributed by atoms with Crippen LogP contribution in [0.15, 0.2) is 18.2 Å². The van der Waals surface area contributed by atoms with Gasteiger partial charge in [-0.3, -0.25) is 4.79 Å². The number of benzene rings is 1. The monoisotopic (exact) mass is 263 g/mol. The number of carbonyl (C=O) groups is 1. The van der Waals surface area contributed by atoms with E-state index in [-0.39, 0.29) is 18.4 Å². The average Bonchev–Trinajstić information content (AvgIpc) is 2.67. The van der Waals surface area contributed by atoms with E-state index in [0.29, 0.717) is 13.0 Å². The van der Waals surface area contributed by atoms with Crippen LogP contribution in [0.5, 0.6) is 5.75 Å². The predicted octanol–water partition coefficient (Wildman–Crippen LogP) is 2.31. The van der Waals surface area contributed by atoms with E-state index in [2.05, 4.69) is 6.07 Å². The number of fused-ring (bicyclic) bond motifs is 1. The number of rotatable bonds is 6. The van der Waals surface area contributed by atoms with Gasteiger partial charge < -0.3 is 15.6 Å². The second-order valence-electron chi connectivity index (χ2n) is 5.02. The van der Waals surface area contributed by atoms with Crippen molar-refractivity contribution in [1.29, 1.82) is 0 Å². The summed E-state index contributed by atoms with van der Waals surface area (Å²) < 4.78 is 5.68. The van der Waals surface area contributed by atoms with Gasteiger partial charge in [0.05, 0.1) is 6.61 Å². The van der Waals surface area contributed by atoms with E-state index < -0.39 is 5.97 Å². The third-order valence-electron chi connectivity index (χ3n) is 3.71. The first-order chi connectivity index (χ1) is 9.13. The van der Waals surface area contributed by atoms with Crippen molar-refractivity contribution in [2.75, 3.05) is 6.61 Å². The van der Waals surface area contributed by atoms with Gasteiger partial charge in [-0.1, -0.05) is 12.1 Å². The molecule has 1 aliphatic carbocycles. The van der Waals surface area contributed by atoms with Gasteiger partial charge in [0, 0.05) is 23.9 Å². The topological polar surface area (TPSA) is 72.5 Å². The van der Waals surface area contributed by atoms with E-state index >= 15 is 0 Å². The molecule has 19 heavy (non-hydrogen) atoms. The van der Waals surface area contributed by atoms with Crippen molar-refractivity contribution in [1.82, 2.24) is 0 Å². The van der Waals surface area contributed by atoms with Crippen LogP contribution < -0.4 is 10.5 Å². The summed E-state index contributed by atoms with van der Waals surface area (Å²) in [6.07, 6.45) is 2.53. The molecule has 4 nitrogen and oxygen atoms in total. The molecule has 2 unspecified atom stereocenters. The molecule has 0 fully saturated rings. The van der Waals surface area contributed by atoms with Crippen molar-refractivity contribution in [2.45, 2.75) is 44.6 Å². The quantitative estimate of drug-likeness (QED) is 0.826. The lowest BCUT2D eigenvalue weighted by molar-refractivity contribution is -0.137. The molecule has 0 saturated carbocycles. The van der Waals surface area contributed by atoms with Crippen LogP contribution in [0.2, 0.25) is 0 Å². The molecule has 4 heteroatoms. The lowest BCUT2D eigenvalue weighted by Gasteiger charge is -2.19. The summed E-state index contributed by atoms with van der Waals surface area (Å²) >= 11 is 0. The first-order valence-electron chi connectivity index (χ1n) is 6.85. The van der Waals surface area contributed by atoms with Gasteiger partial charge in [0.1, 0.15) is 5.75 Å². The first kappa shape index (κ1) is 13.9. The molecule has 0 saturated heterocycles. The third-order valence-corrected chi connectivity index (χ3v) is 3.71. The Hall–Kier alpha value is -1.55. The lowest BCUT2D eigenvalue weighted by atomic mass is 9.92. The van der Waals surface area contributed by atoms with Crippen molar-refractivity contribution in [2.24, 2.45) is 5.73 Å². The Labute approximate surface area is 113 Å². The van der Waals surface area contributed by atoms with Gasteiger partial charge in [0.2, 0.25) is 0 Å². The molecule has 1 aromatic carbocycles. The molecule has 0 spiro atoms. The Kier molecular flexibility index (Phi) is 4.43. The molecule has 0 bridgehead atoms. The highest BCUT2D eigenvalue weighted by Gasteiger charge is 2.32. The standard InChI is InChI=1S/C15H21NO3/c1-2-19-13-7-3-5-10-9-12(16)11(15(10)13)6-4-8-14(17)18/h3,5,7,11-12H,2,4,6,8-9,16H2,1H3,(H,17,18). The van der Waals surface area contributed by atoms with Crippen molar-refractivity contribution < 1.29 is 14.6 Å². The highest BCUT2D eigenvalue weighted by molar-refractivity contribution is 5.66. The summed E-state index contributed by atoms with van der Waals surface area (Å²) in [5.41, 5.74) is 8.65. The first-order valence-corrected chi connectivity index (χ1v) is 6.85. The highest BCUT2D eigenvalue weighted by atomic mass is 16.5. The molecule has 3 N–H and O–H groups in total. The van der Waals surface area contributed by atoms with Crippen LogP contribution in [-0.4, -0.2) is 23.7 Å². The Balaban J connectivity index is 2.16. The van der Waals surface area contributed by atoms with Gasteiger partial charge in [0.25, 0.3) is 0 Å². The van der Waals surface area contributed by atoms with Crippen molar-refractivity contribution in [3.05, 3.63) is 29.3 Å². The third kappa shape index (κ3) is 3.07. The fraction of sp³-hybridized carbons (Fsp3) is 0.533. The molecular weight excluding hydrogens is 242 g/mol. The van der Waals surface area contributed by atoms with E-state index in [1.54, 1.807) is 0 Å². The largest absolute Gasteiger partial charge is 0.494 e. The number of carboxylic acid groups (broad SMARTS) is 1. The Morgan fingerprint density at radius 2 is 2.32 bits per heavy atom. The van der Waals surface area contributed by atoms with Crippen LogP contribution in [0.3, 0.4) is 0 Å².